The minimum Gasteiger partial charge on any atom is -0.380 e. The molecule has 2 aliphatic rings. The number of aliphatic hydroxyl groups is 1. The lowest BCUT2D eigenvalue weighted by atomic mass is 10.00. The number of ether oxygens (including phenoxy) is 4. The van der Waals surface area contributed by atoms with Gasteiger partial charge in [0.1, 0.15) is 6.10 Å². The molecule has 6 nitrogen and oxygen atoms in total. The van der Waals surface area contributed by atoms with Crippen molar-refractivity contribution < 1.29 is 28.8 Å². The summed E-state index contributed by atoms with van der Waals surface area (Å²) >= 11 is 0. The highest BCUT2D eigenvalue weighted by Gasteiger charge is 2.48. The van der Waals surface area contributed by atoms with Crippen LogP contribution < -0.4 is 0 Å². The number of benzene rings is 1. The van der Waals surface area contributed by atoms with Crippen molar-refractivity contribution in [2.75, 3.05) is 13.7 Å². The molecule has 0 radical (unpaired) electrons. The van der Waals surface area contributed by atoms with Gasteiger partial charge in [-0.1, -0.05) is 30.3 Å². The second kappa shape index (κ2) is 5.59. The van der Waals surface area contributed by atoms with Crippen molar-refractivity contribution in [3.05, 3.63) is 35.9 Å². The Bertz CT molecular complexity index is 476. The Morgan fingerprint density at radius 2 is 2.00 bits per heavy atom. The number of carbonyl (C=O) groups excluding carboxylic acids is 1. The van der Waals surface area contributed by atoms with Crippen LogP contribution in [0.25, 0.3) is 0 Å². The molecule has 6 heteroatoms. The third-order valence-corrected chi connectivity index (χ3v) is 3.46. The first-order chi connectivity index (χ1) is 9.70. The monoisotopic (exact) mass is 280 g/mol. The Balaban J connectivity index is 1.76. The van der Waals surface area contributed by atoms with Crippen molar-refractivity contribution in [3.8, 4) is 0 Å². The van der Waals surface area contributed by atoms with E-state index in [0.717, 1.165) is 5.56 Å². The summed E-state index contributed by atoms with van der Waals surface area (Å²) in [6.07, 6.45) is -4.33. The van der Waals surface area contributed by atoms with E-state index >= 15 is 0 Å². The predicted molar refractivity (Wildman–Crippen MR) is 66.7 cm³/mol. The van der Waals surface area contributed by atoms with Gasteiger partial charge in [0.15, 0.2) is 30.6 Å². The average Bonchev–Trinajstić information content (AvgIpc) is 2.51. The average molecular weight is 280 g/mol. The summed E-state index contributed by atoms with van der Waals surface area (Å²) < 4.78 is 21.6. The fourth-order valence-corrected chi connectivity index (χ4v) is 2.41. The van der Waals surface area contributed by atoms with Crippen LogP contribution in [0.3, 0.4) is 0 Å². The van der Waals surface area contributed by atoms with Gasteiger partial charge in [-0.3, -0.25) is 4.79 Å². The first-order valence-corrected chi connectivity index (χ1v) is 6.43. The van der Waals surface area contributed by atoms with Gasteiger partial charge in [-0.2, -0.15) is 0 Å². The fourth-order valence-electron chi connectivity index (χ4n) is 2.41. The zero-order chi connectivity index (χ0) is 14.1. The van der Waals surface area contributed by atoms with E-state index in [1.54, 1.807) is 0 Å². The standard InChI is InChI=1S/C14H16O6/c1-17-14-11(16)10(15)12-9(19-14)7-18-13(20-12)8-5-3-2-4-6-8/h2-6,9,11-14,16H,7H2,1H3/t9-,11-,12+,13+,14+/m1/s1. The van der Waals surface area contributed by atoms with Gasteiger partial charge >= 0.3 is 0 Å². The van der Waals surface area contributed by atoms with Crippen molar-refractivity contribution in [3.63, 3.8) is 0 Å². The van der Waals surface area contributed by atoms with Crippen LogP contribution in [-0.4, -0.2) is 49.2 Å². The molecule has 1 aromatic rings. The van der Waals surface area contributed by atoms with Crippen molar-refractivity contribution in [1.29, 1.82) is 0 Å². The molecule has 0 bridgehead atoms. The molecule has 0 aromatic heterocycles. The molecule has 2 aliphatic heterocycles. The molecule has 0 saturated carbocycles. The maximum atomic E-state index is 12.1. The van der Waals surface area contributed by atoms with Gasteiger partial charge in [0.2, 0.25) is 0 Å². The maximum absolute atomic E-state index is 12.1. The highest BCUT2D eigenvalue weighted by atomic mass is 16.7. The van der Waals surface area contributed by atoms with Crippen LogP contribution >= 0.6 is 0 Å². The molecule has 1 N–H and O–H groups in total. The number of methoxy groups -OCH3 is 1. The number of ketones is 1. The molecule has 3 rings (SSSR count). The minimum absolute atomic E-state index is 0.211. The van der Waals surface area contributed by atoms with Gasteiger partial charge in [0.05, 0.1) is 6.61 Å². The van der Waals surface area contributed by atoms with E-state index in [4.69, 9.17) is 18.9 Å². The van der Waals surface area contributed by atoms with E-state index in [0.29, 0.717) is 0 Å². The largest absolute Gasteiger partial charge is 0.380 e. The number of hydrogen-bond acceptors (Lipinski definition) is 6. The number of hydrogen-bond donors (Lipinski definition) is 1. The van der Waals surface area contributed by atoms with Gasteiger partial charge in [-0.25, -0.2) is 0 Å². The molecule has 2 saturated heterocycles. The minimum atomic E-state index is -1.34. The van der Waals surface area contributed by atoms with Crippen LogP contribution in [0.1, 0.15) is 11.9 Å². The Morgan fingerprint density at radius 1 is 1.25 bits per heavy atom. The second-order valence-corrected chi connectivity index (χ2v) is 4.76. The highest BCUT2D eigenvalue weighted by Crippen LogP contribution is 2.32. The molecule has 0 unspecified atom stereocenters. The van der Waals surface area contributed by atoms with Crippen LogP contribution in [0.5, 0.6) is 0 Å². The Labute approximate surface area is 116 Å². The molecule has 1 aromatic carbocycles. The zero-order valence-electron chi connectivity index (χ0n) is 11.0. The zero-order valence-corrected chi connectivity index (χ0v) is 11.0. The van der Waals surface area contributed by atoms with Crippen molar-refractivity contribution in [2.45, 2.75) is 30.9 Å². The molecule has 2 fully saturated rings. The lowest BCUT2D eigenvalue weighted by molar-refractivity contribution is -0.313. The second-order valence-electron chi connectivity index (χ2n) is 4.76. The number of aliphatic hydroxyl groups excluding tert-OH is 1. The summed E-state index contributed by atoms with van der Waals surface area (Å²) in [5, 5.41) is 9.81. The van der Waals surface area contributed by atoms with E-state index in [-0.39, 0.29) is 6.61 Å². The molecule has 5 atom stereocenters. The summed E-state index contributed by atoms with van der Waals surface area (Å²) in [6, 6.07) is 9.32. The molecule has 2 heterocycles. The third-order valence-electron chi connectivity index (χ3n) is 3.46. The fraction of sp³-hybridized carbons (Fsp3) is 0.500. The normalized spacial score (nSPS) is 37.5. The number of rotatable bonds is 2. The SMILES string of the molecule is CO[C@H]1O[C@@H]2CO[C@H](c3ccccc3)O[C@@H]2C(=O)[C@H]1O. The number of carbonyl (C=O) groups is 1. The topological polar surface area (TPSA) is 74.2 Å². The predicted octanol–water partition coefficient (Wildman–Crippen LogP) is 0.402. The van der Waals surface area contributed by atoms with E-state index in [9.17, 15) is 9.90 Å². The summed E-state index contributed by atoms with van der Waals surface area (Å²) in [5.41, 5.74) is 0.821. The molecule has 108 valence electrons. The van der Waals surface area contributed by atoms with Crippen LogP contribution in [0.15, 0.2) is 30.3 Å². The van der Waals surface area contributed by atoms with Crippen LogP contribution in [-0.2, 0) is 23.7 Å². The number of Topliss-reactive ketones (excluding diaryl/α,β-unsaturated/α-hetero) is 1. The highest BCUT2D eigenvalue weighted by molar-refractivity contribution is 5.89. The lowest BCUT2D eigenvalue weighted by Crippen LogP contribution is -2.59. The summed E-state index contributed by atoms with van der Waals surface area (Å²) in [4.78, 5) is 12.1. The Morgan fingerprint density at radius 3 is 2.70 bits per heavy atom. The van der Waals surface area contributed by atoms with Crippen LogP contribution in [0.2, 0.25) is 0 Å². The molecular formula is C14H16O6. The molecule has 0 aliphatic carbocycles. The molecule has 0 spiro atoms. The third kappa shape index (κ3) is 2.36. The molecular weight excluding hydrogens is 264 g/mol. The first kappa shape index (κ1) is 13.7. The van der Waals surface area contributed by atoms with E-state index < -0.39 is 36.7 Å². The molecule has 20 heavy (non-hydrogen) atoms. The maximum Gasteiger partial charge on any atom is 0.198 e. The Hall–Kier alpha value is -1.31. The quantitative estimate of drug-likeness (QED) is 0.845. The van der Waals surface area contributed by atoms with Gasteiger partial charge in [-0.15, -0.1) is 0 Å². The van der Waals surface area contributed by atoms with Gasteiger partial charge in [0, 0.05) is 12.7 Å². The lowest BCUT2D eigenvalue weighted by Gasteiger charge is -2.42. The first-order valence-electron chi connectivity index (χ1n) is 6.43. The molecule has 0 amide bonds. The van der Waals surface area contributed by atoms with Crippen molar-refractivity contribution >= 4 is 5.78 Å². The van der Waals surface area contributed by atoms with Gasteiger partial charge in [-0.05, 0) is 0 Å². The summed E-state index contributed by atoms with van der Waals surface area (Å²) in [5.74, 6) is -0.433. The smallest absolute Gasteiger partial charge is 0.198 e. The summed E-state index contributed by atoms with van der Waals surface area (Å²) in [6.45, 7) is 0.211. The van der Waals surface area contributed by atoms with Gasteiger partial charge in [0.25, 0.3) is 0 Å². The van der Waals surface area contributed by atoms with E-state index in [2.05, 4.69) is 0 Å². The Kier molecular flexibility index (Phi) is 3.82. The van der Waals surface area contributed by atoms with Crippen molar-refractivity contribution in [2.24, 2.45) is 0 Å². The van der Waals surface area contributed by atoms with E-state index in [1.807, 2.05) is 30.3 Å². The van der Waals surface area contributed by atoms with E-state index in [1.165, 1.54) is 7.11 Å². The van der Waals surface area contributed by atoms with Crippen molar-refractivity contribution in [1.82, 2.24) is 0 Å². The van der Waals surface area contributed by atoms with Crippen LogP contribution in [0.4, 0.5) is 0 Å². The van der Waals surface area contributed by atoms with Crippen LogP contribution in [0, 0.1) is 0 Å². The summed E-state index contributed by atoms with van der Waals surface area (Å²) in [7, 11) is 1.37. The number of fused-ring (bicyclic) bond motifs is 1. The van der Waals surface area contributed by atoms with Gasteiger partial charge < -0.3 is 24.1 Å².